The van der Waals surface area contributed by atoms with Gasteiger partial charge >= 0.3 is 17.1 Å². The molecule has 0 N–H and O–H groups in total. The quantitative estimate of drug-likeness (QED) is 0.203. The first kappa shape index (κ1) is 31.4. The molecule has 0 heterocycles. The van der Waals surface area contributed by atoms with Crippen LogP contribution in [0.3, 0.4) is 0 Å². The van der Waals surface area contributed by atoms with E-state index in [0.717, 1.165) is 21.9 Å². The van der Waals surface area contributed by atoms with E-state index >= 15 is 0 Å². The minimum atomic E-state index is -2.68. The maximum atomic E-state index is 6.65. The van der Waals surface area contributed by atoms with Gasteiger partial charge in [0.05, 0.1) is 0 Å². The molecule has 4 aromatic rings. The zero-order valence-electron chi connectivity index (χ0n) is 25.2. The van der Waals surface area contributed by atoms with Crippen LogP contribution in [-0.2, 0) is 8.85 Å². The Balaban J connectivity index is 0.000000230. The van der Waals surface area contributed by atoms with Crippen molar-refractivity contribution in [3.8, 4) is 11.5 Å². The van der Waals surface area contributed by atoms with Gasteiger partial charge in [0.15, 0.2) is 0 Å². The van der Waals surface area contributed by atoms with E-state index in [9.17, 15) is 0 Å². The van der Waals surface area contributed by atoms with Gasteiger partial charge in [0.2, 0.25) is 0 Å². The molecule has 0 radical (unpaired) electrons. The molecular weight excluding hydrogens is 529 g/mol. The monoisotopic (exact) mass is 572 g/mol. The van der Waals surface area contributed by atoms with Gasteiger partial charge in [-0.25, -0.2) is 0 Å². The highest BCUT2D eigenvalue weighted by molar-refractivity contribution is 6.92. The van der Waals surface area contributed by atoms with Crippen LogP contribution in [0.25, 0.3) is 0 Å². The van der Waals surface area contributed by atoms with Crippen LogP contribution in [-0.4, -0.2) is 31.3 Å². The van der Waals surface area contributed by atoms with E-state index in [4.69, 9.17) is 17.7 Å². The molecule has 0 bridgehead atoms. The first-order chi connectivity index (χ1) is 19.0. The fraction of sp³-hybridized carbons (Fsp3) is 0.294. The van der Waals surface area contributed by atoms with Gasteiger partial charge in [-0.1, -0.05) is 139 Å². The van der Waals surface area contributed by atoms with E-state index in [1.54, 1.807) is 14.2 Å². The molecule has 0 unspecified atom stereocenters. The molecule has 0 saturated carbocycles. The van der Waals surface area contributed by atoms with Gasteiger partial charge in [-0.05, 0) is 34.6 Å². The maximum absolute atomic E-state index is 6.65. The van der Waals surface area contributed by atoms with Gasteiger partial charge in [0, 0.05) is 24.3 Å². The summed E-state index contributed by atoms with van der Waals surface area (Å²) in [6.45, 7) is 13.3. The molecule has 212 valence electrons. The molecule has 0 amide bonds. The molecule has 4 nitrogen and oxygen atoms in total. The predicted octanol–water partition coefficient (Wildman–Crippen LogP) is 7.72. The van der Waals surface area contributed by atoms with Gasteiger partial charge in [-0.3, -0.25) is 0 Å². The highest BCUT2D eigenvalue weighted by Crippen LogP contribution is 2.52. The Morgan fingerprint density at radius 3 is 0.950 bits per heavy atom. The molecule has 0 fully saturated rings. The molecule has 4 rings (SSSR count). The summed E-state index contributed by atoms with van der Waals surface area (Å²) in [5.74, 6) is 1.75. The van der Waals surface area contributed by atoms with Gasteiger partial charge in [-0.15, -0.1) is 0 Å². The van der Waals surface area contributed by atoms with Gasteiger partial charge in [-0.2, -0.15) is 0 Å². The van der Waals surface area contributed by atoms with Crippen LogP contribution in [0.2, 0.25) is 10.1 Å². The topological polar surface area (TPSA) is 36.9 Å². The van der Waals surface area contributed by atoms with E-state index in [1.807, 2.05) is 97.1 Å². The molecule has 0 aliphatic heterocycles. The van der Waals surface area contributed by atoms with Crippen LogP contribution in [0.1, 0.15) is 41.5 Å². The zero-order chi connectivity index (χ0) is 29.3. The maximum Gasteiger partial charge on any atom is 0.471 e. The summed E-state index contributed by atoms with van der Waals surface area (Å²) in [6, 6.07) is 40.3. The fourth-order valence-electron chi connectivity index (χ4n) is 5.10. The van der Waals surface area contributed by atoms with Gasteiger partial charge in [0.25, 0.3) is 0 Å². The molecule has 4 aromatic carbocycles. The minimum Gasteiger partial charge on any atom is -0.511 e. The van der Waals surface area contributed by atoms with Crippen molar-refractivity contribution in [1.82, 2.24) is 0 Å². The number of rotatable bonds is 8. The Morgan fingerprint density at radius 1 is 0.425 bits per heavy atom. The summed E-state index contributed by atoms with van der Waals surface area (Å²) in [4.78, 5) is 0. The Bertz CT molecular complexity index is 1170. The third kappa shape index (κ3) is 7.12. The van der Waals surface area contributed by atoms with Crippen molar-refractivity contribution in [2.24, 2.45) is 0 Å². The van der Waals surface area contributed by atoms with Crippen molar-refractivity contribution in [3.63, 3.8) is 0 Å². The van der Waals surface area contributed by atoms with Crippen LogP contribution < -0.4 is 19.2 Å². The average molecular weight is 573 g/mol. The molecule has 0 aliphatic carbocycles. The molecule has 6 heteroatoms. The second-order valence-corrected chi connectivity index (χ2v) is 19.5. The summed E-state index contributed by atoms with van der Waals surface area (Å²) in [7, 11) is -1.74. The Labute approximate surface area is 243 Å². The second kappa shape index (κ2) is 13.5. The summed E-state index contributed by atoms with van der Waals surface area (Å²) < 4.78 is 24.9. The van der Waals surface area contributed by atoms with Gasteiger partial charge < -0.3 is 17.7 Å². The molecule has 0 saturated heterocycles. The van der Waals surface area contributed by atoms with Gasteiger partial charge in [0.1, 0.15) is 11.5 Å². The van der Waals surface area contributed by atoms with E-state index in [2.05, 4.69) is 65.8 Å². The lowest BCUT2D eigenvalue weighted by molar-refractivity contribution is 0.272. The molecular formula is C34H44O4Si2. The van der Waals surface area contributed by atoms with E-state index in [-0.39, 0.29) is 10.1 Å². The van der Waals surface area contributed by atoms with E-state index < -0.39 is 17.1 Å². The summed E-state index contributed by atoms with van der Waals surface area (Å²) in [5.41, 5.74) is 0. The van der Waals surface area contributed by atoms with Crippen LogP contribution >= 0.6 is 0 Å². The number of hydrogen-bond acceptors (Lipinski definition) is 4. The SMILES string of the molecule is CC(C)(C)[Si](Oc1ccccc1)(Oc1ccccc1)C(C)(C)C.CO[Si](OC)(c1ccccc1)c1ccccc1. The first-order valence-electron chi connectivity index (χ1n) is 13.7. The lowest BCUT2D eigenvalue weighted by Gasteiger charge is -2.48. The van der Waals surface area contributed by atoms with E-state index in [0.29, 0.717) is 0 Å². The Kier molecular flexibility index (Phi) is 10.6. The molecule has 40 heavy (non-hydrogen) atoms. The average Bonchev–Trinajstić information content (AvgIpc) is 2.95. The third-order valence-electron chi connectivity index (χ3n) is 6.87. The highest BCUT2D eigenvalue weighted by Gasteiger charge is 2.62. The Hall–Kier alpha value is -3.17. The molecule has 0 atom stereocenters. The van der Waals surface area contributed by atoms with Crippen LogP contribution in [0.5, 0.6) is 11.5 Å². The third-order valence-corrected chi connectivity index (χ3v) is 15.2. The lowest BCUT2D eigenvalue weighted by Crippen LogP contribution is -2.62. The Morgan fingerprint density at radius 2 is 0.700 bits per heavy atom. The number of para-hydroxylation sites is 2. The summed E-state index contributed by atoms with van der Waals surface area (Å²) >= 11 is 0. The van der Waals surface area contributed by atoms with Crippen molar-refractivity contribution >= 4 is 27.5 Å². The summed E-state index contributed by atoms with van der Waals surface area (Å²) in [6.07, 6.45) is 0. The van der Waals surface area contributed by atoms with Crippen molar-refractivity contribution in [2.75, 3.05) is 14.2 Å². The van der Waals surface area contributed by atoms with E-state index in [1.165, 1.54) is 0 Å². The molecule has 0 spiro atoms. The largest absolute Gasteiger partial charge is 0.511 e. The summed E-state index contributed by atoms with van der Waals surface area (Å²) in [5, 5.41) is 2.04. The standard InChI is InChI=1S/C20H28O2Si.C14H16O2Si/c1-19(2,3)23(20(4,5)6,21-17-13-9-7-10-14-17)22-18-15-11-8-12-16-18;1-15-17(16-2,13-9-5-3-6-10-13)14-11-7-4-8-12-14/h7-16H,1-6H3;3-12H,1-2H3. The van der Waals surface area contributed by atoms with Crippen molar-refractivity contribution in [2.45, 2.75) is 51.6 Å². The molecule has 0 aliphatic rings. The smallest absolute Gasteiger partial charge is 0.471 e. The lowest BCUT2D eigenvalue weighted by atomic mass is 10.2. The second-order valence-electron chi connectivity index (χ2n) is 11.7. The van der Waals surface area contributed by atoms with Crippen LogP contribution in [0.4, 0.5) is 0 Å². The van der Waals surface area contributed by atoms with Crippen molar-refractivity contribution in [3.05, 3.63) is 121 Å². The van der Waals surface area contributed by atoms with Crippen molar-refractivity contribution < 1.29 is 17.7 Å². The minimum absolute atomic E-state index is 0.100. The number of benzene rings is 4. The normalized spacial score (nSPS) is 12.2. The highest BCUT2D eigenvalue weighted by atomic mass is 28.4. The zero-order valence-corrected chi connectivity index (χ0v) is 27.2. The van der Waals surface area contributed by atoms with Crippen LogP contribution in [0, 0.1) is 0 Å². The molecule has 0 aromatic heterocycles. The fourth-order valence-corrected chi connectivity index (χ4v) is 12.3. The van der Waals surface area contributed by atoms with Crippen molar-refractivity contribution in [1.29, 1.82) is 0 Å². The first-order valence-corrected chi connectivity index (χ1v) is 17.3. The number of hydrogen-bond donors (Lipinski definition) is 0. The van der Waals surface area contributed by atoms with Crippen LogP contribution in [0.15, 0.2) is 121 Å². The predicted molar refractivity (Wildman–Crippen MR) is 171 cm³/mol.